The number of hydrogen-bond acceptors (Lipinski definition) is 3. The third kappa shape index (κ3) is 4.05. The van der Waals surface area contributed by atoms with Crippen LogP contribution < -0.4 is 10.2 Å². The first kappa shape index (κ1) is 15.5. The molecule has 21 heavy (non-hydrogen) atoms. The molecule has 1 aromatic heterocycles. The molecular formula is C18H25N3. The van der Waals surface area contributed by atoms with Gasteiger partial charge in [0.05, 0.1) is 0 Å². The smallest absolute Gasteiger partial charge is 0.0430 e. The molecule has 112 valence electrons. The first-order valence-corrected chi connectivity index (χ1v) is 7.72. The van der Waals surface area contributed by atoms with Gasteiger partial charge in [-0.1, -0.05) is 25.1 Å². The minimum absolute atomic E-state index is 0.359. The van der Waals surface area contributed by atoms with Crippen LogP contribution in [0.5, 0.6) is 0 Å². The van der Waals surface area contributed by atoms with Crippen molar-refractivity contribution in [2.45, 2.75) is 33.4 Å². The van der Waals surface area contributed by atoms with Crippen LogP contribution in [0.25, 0.3) is 0 Å². The van der Waals surface area contributed by atoms with Crippen molar-refractivity contribution in [3.05, 3.63) is 59.9 Å². The molecule has 2 rings (SSSR count). The third-order valence-electron chi connectivity index (χ3n) is 3.76. The van der Waals surface area contributed by atoms with Crippen LogP contribution in [-0.2, 0) is 6.54 Å². The molecule has 0 bridgehead atoms. The van der Waals surface area contributed by atoms with Gasteiger partial charge in [-0.15, -0.1) is 0 Å². The van der Waals surface area contributed by atoms with Gasteiger partial charge >= 0.3 is 0 Å². The summed E-state index contributed by atoms with van der Waals surface area (Å²) in [5.74, 6) is 0. The maximum atomic E-state index is 4.09. The van der Waals surface area contributed by atoms with Crippen LogP contribution in [-0.4, -0.2) is 18.1 Å². The highest BCUT2D eigenvalue weighted by molar-refractivity contribution is 5.55. The molecule has 1 unspecified atom stereocenters. The SMILES string of the molecule is CCNC(C)c1ccccc1N(CC)Cc1ccncc1. The minimum Gasteiger partial charge on any atom is -0.367 e. The number of pyridine rings is 1. The Morgan fingerprint density at radius 2 is 1.81 bits per heavy atom. The summed E-state index contributed by atoms with van der Waals surface area (Å²) in [5, 5.41) is 3.51. The van der Waals surface area contributed by atoms with Gasteiger partial charge in [-0.05, 0) is 49.7 Å². The maximum Gasteiger partial charge on any atom is 0.0430 e. The number of aromatic nitrogens is 1. The average Bonchev–Trinajstić information content (AvgIpc) is 2.54. The van der Waals surface area contributed by atoms with Gasteiger partial charge in [0.15, 0.2) is 0 Å². The Morgan fingerprint density at radius 1 is 1.10 bits per heavy atom. The fourth-order valence-corrected chi connectivity index (χ4v) is 2.63. The van der Waals surface area contributed by atoms with Crippen LogP contribution in [0.15, 0.2) is 48.8 Å². The van der Waals surface area contributed by atoms with Crippen molar-refractivity contribution in [2.75, 3.05) is 18.0 Å². The number of para-hydroxylation sites is 1. The predicted molar refractivity (Wildman–Crippen MR) is 89.5 cm³/mol. The van der Waals surface area contributed by atoms with Gasteiger partial charge in [-0.3, -0.25) is 4.98 Å². The first-order valence-electron chi connectivity index (χ1n) is 7.72. The van der Waals surface area contributed by atoms with Gasteiger partial charge in [0, 0.05) is 37.2 Å². The quantitative estimate of drug-likeness (QED) is 0.838. The average molecular weight is 283 g/mol. The van der Waals surface area contributed by atoms with Gasteiger partial charge in [-0.25, -0.2) is 0 Å². The Bertz CT molecular complexity index is 539. The fourth-order valence-electron chi connectivity index (χ4n) is 2.63. The topological polar surface area (TPSA) is 28.2 Å². The van der Waals surface area contributed by atoms with Crippen LogP contribution in [0.1, 0.15) is 37.9 Å². The summed E-state index contributed by atoms with van der Waals surface area (Å²) in [7, 11) is 0. The second-order valence-corrected chi connectivity index (χ2v) is 5.21. The Labute approximate surface area is 128 Å². The molecule has 1 N–H and O–H groups in total. The highest BCUT2D eigenvalue weighted by Crippen LogP contribution is 2.27. The molecular weight excluding hydrogens is 258 g/mol. The zero-order chi connectivity index (χ0) is 15.1. The van der Waals surface area contributed by atoms with E-state index in [1.54, 1.807) is 0 Å². The summed E-state index contributed by atoms with van der Waals surface area (Å²) in [4.78, 5) is 6.51. The van der Waals surface area contributed by atoms with Crippen LogP contribution >= 0.6 is 0 Å². The molecule has 0 aliphatic heterocycles. The van der Waals surface area contributed by atoms with E-state index in [1.807, 2.05) is 12.4 Å². The van der Waals surface area contributed by atoms with E-state index in [1.165, 1.54) is 16.8 Å². The molecule has 1 aromatic carbocycles. The van der Waals surface area contributed by atoms with E-state index in [-0.39, 0.29) is 0 Å². The van der Waals surface area contributed by atoms with E-state index in [0.717, 1.165) is 19.6 Å². The summed E-state index contributed by atoms with van der Waals surface area (Å²) in [6.07, 6.45) is 3.71. The highest BCUT2D eigenvalue weighted by atomic mass is 15.1. The van der Waals surface area contributed by atoms with Crippen molar-refractivity contribution >= 4 is 5.69 Å². The zero-order valence-corrected chi connectivity index (χ0v) is 13.2. The highest BCUT2D eigenvalue weighted by Gasteiger charge is 2.14. The van der Waals surface area contributed by atoms with E-state index >= 15 is 0 Å². The molecule has 1 atom stereocenters. The molecule has 2 aromatic rings. The third-order valence-corrected chi connectivity index (χ3v) is 3.76. The zero-order valence-electron chi connectivity index (χ0n) is 13.2. The molecule has 0 fully saturated rings. The maximum absolute atomic E-state index is 4.09. The lowest BCUT2D eigenvalue weighted by molar-refractivity contribution is 0.595. The van der Waals surface area contributed by atoms with Gasteiger partial charge in [0.25, 0.3) is 0 Å². The largest absolute Gasteiger partial charge is 0.367 e. The van der Waals surface area contributed by atoms with E-state index < -0.39 is 0 Å². The minimum atomic E-state index is 0.359. The van der Waals surface area contributed by atoms with Crippen molar-refractivity contribution in [2.24, 2.45) is 0 Å². The normalized spacial score (nSPS) is 12.1. The van der Waals surface area contributed by atoms with Gasteiger partial charge < -0.3 is 10.2 Å². The molecule has 0 saturated heterocycles. The van der Waals surface area contributed by atoms with Crippen LogP contribution in [0.2, 0.25) is 0 Å². The Balaban J connectivity index is 2.25. The van der Waals surface area contributed by atoms with Crippen molar-refractivity contribution in [3.63, 3.8) is 0 Å². The van der Waals surface area contributed by atoms with E-state index in [9.17, 15) is 0 Å². The number of anilines is 1. The number of nitrogens with one attached hydrogen (secondary N) is 1. The van der Waals surface area contributed by atoms with Gasteiger partial charge in [-0.2, -0.15) is 0 Å². The summed E-state index contributed by atoms with van der Waals surface area (Å²) >= 11 is 0. The van der Waals surface area contributed by atoms with Crippen molar-refractivity contribution in [1.82, 2.24) is 10.3 Å². The van der Waals surface area contributed by atoms with Crippen molar-refractivity contribution < 1.29 is 0 Å². The number of benzene rings is 1. The standard InChI is InChI=1S/C18H25N3/c1-4-20-15(3)17-8-6-7-9-18(17)21(5-2)14-16-10-12-19-13-11-16/h6-13,15,20H,4-5,14H2,1-3H3. The van der Waals surface area contributed by atoms with E-state index in [2.05, 4.69) is 72.4 Å². The Morgan fingerprint density at radius 3 is 2.48 bits per heavy atom. The van der Waals surface area contributed by atoms with Gasteiger partial charge in [0.2, 0.25) is 0 Å². The predicted octanol–water partition coefficient (Wildman–Crippen LogP) is 3.78. The summed E-state index contributed by atoms with van der Waals surface area (Å²) < 4.78 is 0. The van der Waals surface area contributed by atoms with Crippen LogP contribution in [0.4, 0.5) is 5.69 Å². The van der Waals surface area contributed by atoms with Crippen molar-refractivity contribution in [1.29, 1.82) is 0 Å². The Kier molecular flexibility index (Phi) is 5.76. The molecule has 0 aliphatic carbocycles. The molecule has 0 amide bonds. The van der Waals surface area contributed by atoms with Crippen LogP contribution in [0, 0.1) is 0 Å². The monoisotopic (exact) mass is 283 g/mol. The van der Waals surface area contributed by atoms with Crippen molar-refractivity contribution in [3.8, 4) is 0 Å². The lowest BCUT2D eigenvalue weighted by Crippen LogP contribution is -2.26. The molecule has 3 heteroatoms. The lowest BCUT2D eigenvalue weighted by atomic mass is 10.0. The molecule has 1 heterocycles. The fraction of sp³-hybridized carbons (Fsp3) is 0.389. The lowest BCUT2D eigenvalue weighted by Gasteiger charge is -2.28. The number of nitrogens with zero attached hydrogens (tertiary/aromatic N) is 2. The molecule has 3 nitrogen and oxygen atoms in total. The summed E-state index contributed by atoms with van der Waals surface area (Å²) in [5.41, 5.74) is 3.96. The summed E-state index contributed by atoms with van der Waals surface area (Å²) in [6.45, 7) is 9.45. The van der Waals surface area contributed by atoms with Gasteiger partial charge in [0.1, 0.15) is 0 Å². The molecule has 0 aliphatic rings. The van der Waals surface area contributed by atoms with Crippen LogP contribution in [0.3, 0.4) is 0 Å². The van der Waals surface area contributed by atoms with E-state index in [4.69, 9.17) is 0 Å². The number of rotatable bonds is 7. The molecule has 0 saturated carbocycles. The molecule has 0 radical (unpaired) electrons. The Hall–Kier alpha value is -1.87. The second-order valence-electron chi connectivity index (χ2n) is 5.21. The molecule has 0 spiro atoms. The second kappa shape index (κ2) is 7.79. The number of hydrogen-bond donors (Lipinski definition) is 1. The summed E-state index contributed by atoms with van der Waals surface area (Å²) in [6, 6.07) is 13.2. The van der Waals surface area contributed by atoms with E-state index in [0.29, 0.717) is 6.04 Å². The first-order chi connectivity index (χ1) is 10.3.